The van der Waals surface area contributed by atoms with Gasteiger partial charge >= 0.3 is 0 Å². The van der Waals surface area contributed by atoms with Crippen molar-refractivity contribution in [3.05, 3.63) is 59.2 Å². The molecule has 0 aliphatic heterocycles. The van der Waals surface area contributed by atoms with E-state index in [0.29, 0.717) is 11.5 Å². The Kier molecular flexibility index (Phi) is 3.02. The Labute approximate surface area is 94.1 Å². The molecule has 1 unspecified atom stereocenters. The minimum absolute atomic E-state index is 0.0603. The third kappa shape index (κ3) is 2.37. The van der Waals surface area contributed by atoms with Crippen molar-refractivity contribution in [1.29, 1.82) is 0 Å². The summed E-state index contributed by atoms with van der Waals surface area (Å²) in [6, 6.07) is 9.35. The van der Waals surface area contributed by atoms with Gasteiger partial charge in [-0.25, -0.2) is 0 Å². The highest BCUT2D eigenvalue weighted by atomic mass is 35.5. The predicted octanol–water partition coefficient (Wildman–Crippen LogP) is 3.57. The summed E-state index contributed by atoms with van der Waals surface area (Å²) in [6.45, 7) is 0. The first-order valence-corrected chi connectivity index (χ1v) is 5.28. The molecular weight excluding hydrogens is 208 g/mol. The molecule has 0 aromatic heterocycles. The Morgan fingerprint density at radius 2 is 2.00 bits per heavy atom. The second kappa shape index (κ2) is 4.45. The topological polar surface area (TPSA) is 17.1 Å². The fourth-order valence-corrected chi connectivity index (χ4v) is 1.77. The second-order valence-corrected chi connectivity index (χ2v) is 3.96. The molecule has 1 aliphatic rings. The zero-order valence-electron chi connectivity index (χ0n) is 8.19. The highest BCUT2D eigenvalue weighted by Gasteiger charge is 2.17. The van der Waals surface area contributed by atoms with Gasteiger partial charge in [0.15, 0.2) is 5.78 Å². The minimum Gasteiger partial charge on any atom is -0.294 e. The van der Waals surface area contributed by atoms with E-state index in [1.807, 2.05) is 42.5 Å². The lowest BCUT2D eigenvalue weighted by Gasteiger charge is -2.12. The lowest BCUT2D eigenvalue weighted by atomic mass is 9.92. The van der Waals surface area contributed by atoms with E-state index in [4.69, 9.17) is 11.6 Å². The largest absolute Gasteiger partial charge is 0.294 e. The summed E-state index contributed by atoms with van der Waals surface area (Å²) in [5.41, 5.74) is 0.763. The molecule has 0 bridgehead atoms. The van der Waals surface area contributed by atoms with E-state index in [-0.39, 0.29) is 11.7 Å². The highest BCUT2D eigenvalue weighted by molar-refractivity contribution is 6.31. The number of carbonyl (C=O) groups is 1. The van der Waals surface area contributed by atoms with Crippen molar-refractivity contribution in [2.75, 3.05) is 0 Å². The normalized spacial score (nSPS) is 19.8. The van der Waals surface area contributed by atoms with Crippen molar-refractivity contribution in [2.45, 2.75) is 6.42 Å². The monoisotopic (exact) mass is 218 g/mol. The van der Waals surface area contributed by atoms with Crippen LogP contribution in [0, 0.1) is 5.92 Å². The van der Waals surface area contributed by atoms with E-state index in [2.05, 4.69) is 0 Å². The van der Waals surface area contributed by atoms with Crippen molar-refractivity contribution < 1.29 is 4.79 Å². The lowest BCUT2D eigenvalue weighted by Crippen LogP contribution is -2.13. The molecule has 0 N–H and O–H groups in total. The minimum atomic E-state index is -0.0603. The summed E-state index contributed by atoms with van der Waals surface area (Å²) in [6.07, 6.45) is 6.24. The molecule has 0 fully saturated rings. The summed E-state index contributed by atoms with van der Waals surface area (Å²) in [4.78, 5) is 12.0. The number of allylic oxidation sites excluding steroid dienone is 4. The lowest BCUT2D eigenvalue weighted by molar-refractivity contribution is 0.0945. The molecule has 1 aliphatic carbocycles. The van der Waals surface area contributed by atoms with E-state index in [9.17, 15) is 4.79 Å². The molecule has 76 valence electrons. The Bertz CT molecular complexity index is 417. The van der Waals surface area contributed by atoms with Gasteiger partial charge in [0.2, 0.25) is 0 Å². The smallest absolute Gasteiger partial charge is 0.170 e. The quantitative estimate of drug-likeness (QED) is 0.694. The van der Waals surface area contributed by atoms with Gasteiger partial charge in [-0.1, -0.05) is 54.1 Å². The summed E-state index contributed by atoms with van der Waals surface area (Å²) in [5, 5.41) is 0.715. The van der Waals surface area contributed by atoms with E-state index in [1.54, 1.807) is 6.08 Å². The zero-order chi connectivity index (χ0) is 10.7. The summed E-state index contributed by atoms with van der Waals surface area (Å²) >= 11 is 5.80. The van der Waals surface area contributed by atoms with Crippen LogP contribution in [0.3, 0.4) is 0 Å². The third-order valence-corrected chi connectivity index (χ3v) is 2.73. The van der Waals surface area contributed by atoms with Crippen LogP contribution in [0.2, 0.25) is 0 Å². The maximum absolute atomic E-state index is 12.0. The van der Waals surface area contributed by atoms with Crippen LogP contribution in [0.5, 0.6) is 0 Å². The van der Waals surface area contributed by atoms with Crippen LogP contribution in [0.25, 0.3) is 0 Å². The van der Waals surface area contributed by atoms with Gasteiger partial charge in [-0.3, -0.25) is 4.79 Å². The van der Waals surface area contributed by atoms with Crippen LogP contribution in [-0.4, -0.2) is 5.78 Å². The fraction of sp³-hybridized carbons (Fsp3) is 0.154. The Morgan fingerprint density at radius 1 is 1.27 bits per heavy atom. The molecule has 1 aromatic carbocycles. The number of carbonyl (C=O) groups excluding carboxylic acids is 1. The first-order chi connectivity index (χ1) is 7.27. The average Bonchev–Trinajstić information content (AvgIpc) is 2.30. The third-order valence-electron chi connectivity index (χ3n) is 2.45. The number of hydrogen-bond donors (Lipinski definition) is 0. The fourth-order valence-electron chi connectivity index (χ4n) is 1.61. The maximum Gasteiger partial charge on any atom is 0.170 e. The van der Waals surface area contributed by atoms with Gasteiger partial charge in [0.05, 0.1) is 0 Å². The molecule has 0 spiro atoms. The van der Waals surface area contributed by atoms with E-state index in [1.165, 1.54) is 0 Å². The Balaban J connectivity index is 2.14. The summed E-state index contributed by atoms with van der Waals surface area (Å²) in [7, 11) is 0. The highest BCUT2D eigenvalue weighted by Crippen LogP contribution is 2.22. The number of Topliss-reactive ketones (excluding diaryl/α,β-unsaturated/α-hetero) is 1. The molecule has 0 saturated heterocycles. The van der Waals surface area contributed by atoms with Crippen LogP contribution < -0.4 is 0 Å². The van der Waals surface area contributed by atoms with Gasteiger partial charge in [-0.2, -0.15) is 0 Å². The van der Waals surface area contributed by atoms with Crippen molar-refractivity contribution in [3.63, 3.8) is 0 Å². The first-order valence-electron chi connectivity index (χ1n) is 4.90. The molecule has 2 heteroatoms. The van der Waals surface area contributed by atoms with Gasteiger partial charge in [0, 0.05) is 16.5 Å². The molecular formula is C13H11ClO. The van der Waals surface area contributed by atoms with Crippen molar-refractivity contribution in [1.82, 2.24) is 0 Å². The maximum atomic E-state index is 12.0. The summed E-state index contributed by atoms with van der Waals surface area (Å²) < 4.78 is 0. The van der Waals surface area contributed by atoms with Gasteiger partial charge < -0.3 is 0 Å². The molecule has 1 aromatic rings. The van der Waals surface area contributed by atoms with E-state index < -0.39 is 0 Å². The molecule has 1 atom stereocenters. The molecule has 2 rings (SSSR count). The zero-order valence-corrected chi connectivity index (χ0v) is 8.95. The number of ketones is 1. The molecule has 0 amide bonds. The molecule has 1 nitrogen and oxygen atoms in total. The first kappa shape index (κ1) is 10.2. The molecule has 15 heavy (non-hydrogen) atoms. The SMILES string of the molecule is O=C(c1ccccc1)C1C=CC(Cl)=CC1. The average molecular weight is 219 g/mol. The van der Waals surface area contributed by atoms with Crippen LogP contribution >= 0.6 is 11.6 Å². The van der Waals surface area contributed by atoms with Gasteiger partial charge in [-0.15, -0.1) is 0 Å². The van der Waals surface area contributed by atoms with Crippen LogP contribution in [-0.2, 0) is 0 Å². The number of rotatable bonds is 2. The van der Waals surface area contributed by atoms with Gasteiger partial charge in [-0.05, 0) is 12.5 Å². The van der Waals surface area contributed by atoms with Crippen LogP contribution in [0.15, 0.2) is 53.6 Å². The van der Waals surface area contributed by atoms with Crippen LogP contribution in [0.4, 0.5) is 0 Å². The molecule has 0 saturated carbocycles. The van der Waals surface area contributed by atoms with Crippen molar-refractivity contribution in [2.24, 2.45) is 5.92 Å². The molecule has 0 radical (unpaired) electrons. The van der Waals surface area contributed by atoms with E-state index in [0.717, 1.165) is 5.56 Å². The van der Waals surface area contributed by atoms with Gasteiger partial charge in [0.1, 0.15) is 0 Å². The second-order valence-electron chi connectivity index (χ2n) is 3.52. The number of hydrogen-bond acceptors (Lipinski definition) is 1. The Hall–Kier alpha value is -1.34. The standard InChI is InChI=1S/C13H11ClO/c14-12-8-6-11(7-9-12)13(15)10-4-2-1-3-5-10/h1-6,8-9,11H,7H2. The summed E-state index contributed by atoms with van der Waals surface area (Å²) in [5.74, 6) is 0.0992. The number of benzene rings is 1. The Morgan fingerprint density at radius 3 is 2.60 bits per heavy atom. The van der Waals surface area contributed by atoms with Crippen molar-refractivity contribution in [3.8, 4) is 0 Å². The number of halogens is 1. The predicted molar refractivity (Wildman–Crippen MR) is 62.0 cm³/mol. The molecule has 0 heterocycles. The van der Waals surface area contributed by atoms with Gasteiger partial charge in [0.25, 0.3) is 0 Å². The van der Waals surface area contributed by atoms with Crippen molar-refractivity contribution >= 4 is 17.4 Å². The van der Waals surface area contributed by atoms with E-state index >= 15 is 0 Å². The van der Waals surface area contributed by atoms with Crippen LogP contribution in [0.1, 0.15) is 16.8 Å².